The number of nitrogens with zero attached hydrogens (tertiary/aromatic N) is 1. The van der Waals surface area contributed by atoms with Crippen LogP contribution in [0, 0.1) is 11.3 Å². The fraction of sp³-hybridized carbons (Fsp3) is 0.611. The van der Waals surface area contributed by atoms with E-state index in [-0.39, 0.29) is 0 Å². The molecule has 2 atom stereocenters. The second-order valence-electron chi connectivity index (χ2n) is 7.59. The fourth-order valence-corrected chi connectivity index (χ4v) is 3.22. The highest BCUT2D eigenvalue weighted by molar-refractivity contribution is 5.81. The lowest BCUT2D eigenvalue weighted by molar-refractivity contribution is -0.143. The van der Waals surface area contributed by atoms with Crippen molar-refractivity contribution in [3.8, 4) is 0 Å². The Morgan fingerprint density at radius 3 is 2.33 bits per heavy atom. The molecule has 3 nitrogen and oxygen atoms in total. The Balaban J connectivity index is 2.14. The molecule has 0 amide bonds. The zero-order chi connectivity index (χ0) is 15.7. The number of carboxylic acid groups (broad SMARTS) is 1. The van der Waals surface area contributed by atoms with E-state index in [2.05, 4.69) is 25.7 Å². The van der Waals surface area contributed by atoms with Crippen LogP contribution in [0.5, 0.6) is 0 Å². The molecule has 1 N–H and O–H groups in total. The van der Waals surface area contributed by atoms with Gasteiger partial charge in [-0.05, 0) is 36.8 Å². The number of benzene rings is 1. The van der Waals surface area contributed by atoms with Crippen LogP contribution in [0.2, 0.25) is 0 Å². The molecule has 0 radical (unpaired) electrons. The first-order valence-electron chi connectivity index (χ1n) is 7.75. The molecule has 3 heteroatoms. The second kappa shape index (κ2) is 5.80. The van der Waals surface area contributed by atoms with Crippen molar-refractivity contribution in [1.82, 2.24) is 4.90 Å². The van der Waals surface area contributed by atoms with Crippen molar-refractivity contribution in [1.29, 1.82) is 0 Å². The van der Waals surface area contributed by atoms with E-state index >= 15 is 0 Å². The van der Waals surface area contributed by atoms with Gasteiger partial charge in [-0.25, -0.2) is 0 Å². The summed E-state index contributed by atoms with van der Waals surface area (Å²) in [6.45, 7) is 11.2. The van der Waals surface area contributed by atoms with Crippen molar-refractivity contribution in [3.63, 3.8) is 0 Å². The van der Waals surface area contributed by atoms with Crippen LogP contribution < -0.4 is 0 Å². The Hall–Kier alpha value is -1.35. The predicted octanol–water partition coefficient (Wildman–Crippen LogP) is 3.40. The summed E-state index contributed by atoms with van der Waals surface area (Å²) in [5.74, 6) is -0.0979. The standard InChI is InChI=1S/C18H27NO2/c1-17(2,3)15-10-11-19(12-15)13-18(4,16(20)21)14-8-6-5-7-9-14/h5-9,15H,10-13H2,1-4H3,(H,20,21). The van der Waals surface area contributed by atoms with Gasteiger partial charge in [0.05, 0.1) is 0 Å². The Bertz CT molecular complexity index is 492. The molecule has 1 heterocycles. The number of aliphatic carboxylic acids is 1. The molecule has 1 saturated heterocycles. The normalized spacial score (nSPS) is 23.0. The van der Waals surface area contributed by atoms with E-state index in [1.54, 1.807) is 0 Å². The van der Waals surface area contributed by atoms with Gasteiger partial charge in [0.1, 0.15) is 5.41 Å². The summed E-state index contributed by atoms with van der Waals surface area (Å²) < 4.78 is 0. The Labute approximate surface area is 128 Å². The summed E-state index contributed by atoms with van der Waals surface area (Å²) in [6.07, 6.45) is 1.16. The number of rotatable bonds is 4. The third-order valence-corrected chi connectivity index (χ3v) is 4.92. The maximum absolute atomic E-state index is 11.9. The molecule has 0 aliphatic carbocycles. The van der Waals surface area contributed by atoms with Gasteiger partial charge in [0.15, 0.2) is 0 Å². The minimum atomic E-state index is -0.839. The first-order valence-corrected chi connectivity index (χ1v) is 7.75. The smallest absolute Gasteiger partial charge is 0.315 e. The fourth-order valence-electron chi connectivity index (χ4n) is 3.22. The van der Waals surface area contributed by atoms with Crippen LogP contribution >= 0.6 is 0 Å². The van der Waals surface area contributed by atoms with Gasteiger partial charge in [-0.2, -0.15) is 0 Å². The molecule has 2 unspecified atom stereocenters. The van der Waals surface area contributed by atoms with Crippen LogP contribution in [-0.2, 0) is 10.2 Å². The lowest BCUT2D eigenvalue weighted by atomic mass is 9.80. The van der Waals surface area contributed by atoms with Gasteiger partial charge in [-0.3, -0.25) is 4.79 Å². The van der Waals surface area contributed by atoms with Gasteiger partial charge in [-0.1, -0.05) is 51.1 Å². The molecule has 0 saturated carbocycles. The first kappa shape index (κ1) is 16.0. The zero-order valence-corrected chi connectivity index (χ0v) is 13.6. The second-order valence-corrected chi connectivity index (χ2v) is 7.59. The van der Waals surface area contributed by atoms with Crippen molar-refractivity contribution < 1.29 is 9.90 Å². The highest BCUT2D eigenvalue weighted by atomic mass is 16.4. The van der Waals surface area contributed by atoms with Crippen molar-refractivity contribution in [2.24, 2.45) is 11.3 Å². The first-order chi connectivity index (χ1) is 9.73. The molecule has 1 aliphatic rings. The van der Waals surface area contributed by atoms with Crippen molar-refractivity contribution in [3.05, 3.63) is 35.9 Å². The van der Waals surface area contributed by atoms with E-state index in [9.17, 15) is 9.90 Å². The maximum Gasteiger partial charge on any atom is 0.315 e. The van der Waals surface area contributed by atoms with Crippen molar-refractivity contribution >= 4 is 5.97 Å². The number of carboxylic acids is 1. The van der Waals surface area contributed by atoms with Gasteiger partial charge < -0.3 is 10.0 Å². The lowest BCUT2D eigenvalue weighted by Crippen LogP contribution is -2.44. The molecule has 1 aromatic rings. The number of likely N-dealkylation sites (tertiary alicyclic amines) is 1. The monoisotopic (exact) mass is 289 g/mol. The molecule has 1 fully saturated rings. The van der Waals surface area contributed by atoms with E-state index in [4.69, 9.17) is 0 Å². The summed E-state index contributed by atoms with van der Waals surface area (Å²) in [4.78, 5) is 14.2. The molecule has 1 aliphatic heterocycles. The third-order valence-electron chi connectivity index (χ3n) is 4.92. The average Bonchev–Trinajstić information content (AvgIpc) is 2.88. The summed E-state index contributed by atoms with van der Waals surface area (Å²) in [5.41, 5.74) is 0.339. The summed E-state index contributed by atoms with van der Waals surface area (Å²) in [7, 11) is 0. The highest BCUT2D eigenvalue weighted by Gasteiger charge is 2.40. The number of carbonyl (C=O) groups is 1. The quantitative estimate of drug-likeness (QED) is 0.923. The van der Waals surface area contributed by atoms with Gasteiger partial charge in [0, 0.05) is 13.1 Å². The van der Waals surface area contributed by atoms with Crippen LogP contribution in [0.4, 0.5) is 0 Å². The van der Waals surface area contributed by atoms with E-state index < -0.39 is 11.4 Å². The topological polar surface area (TPSA) is 40.5 Å². The molecule has 116 valence electrons. The third kappa shape index (κ3) is 3.46. The van der Waals surface area contributed by atoms with Crippen molar-refractivity contribution in [2.75, 3.05) is 19.6 Å². The van der Waals surface area contributed by atoms with Crippen LogP contribution in [0.25, 0.3) is 0 Å². The van der Waals surface area contributed by atoms with Crippen LogP contribution in [0.15, 0.2) is 30.3 Å². The highest BCUT2D eigenvalue weighted by Crippen LogP contribution is 2.35. The Kier molecular flexibility index (Phi) is 4.43. The Morgan fingerprint density at radius 2 is 1.86 bits per heavy atom. The van der Waals surface area contributed by atoms with Gasteiger partial charge in [-0.15, -0.1) is 0 Å². The predicted molar refractivity (Wildman–Crippen MR) is 85.4 cm³/mol. The van der Waals surface area contributed by atoms with Crippen molar-refractivity contribution in [2.45, 2.75) is 39.5 Å². The molecule has 0 bridgehead atoms. The molecule has 2 rings (SSSR count). The molecular weight excluding hydrogens is 262 g/mol. The molecule has 1 aromatic carbocycles. The average molecular weight is 289 g/mol. The minimum absolute atomic E-state index is 0.293. The summed E-state index contributed by atoms with van der Waals surface area (Å²) >= 11 is 0. The van der Waals surface area contributed by atoms with Crippen LogP contribution in [0.3, 0.4) is 0 Å². The SMILES string of the molecule is CC(CN1CCC(C(C)(C)C)C1)(C(=O)O)c1ccccc1. The minimum Gasteiger partial charge on any atom is -0.481 e. The lowest BCUT2D eigenvalue weighted by Gasteiger charge is -2.32. The van der Waals surface area contributed by atoms with E-state index in [0.717, 1.165) is 25.1 Å². The zero-order valence-electron chi connectivity index (χ0n) is 13.6. The van der Waals surface area contributed by atoms with E-state index in [1.165, 1.54) is 0 Å². The summed E-state index contributed by atoms with van der Waals surface area (Å²) in [5, 5.41) is 9.75. The molecule has 0 spiro atoms. The van der Waals surface area contributed by atoms with E-state index in [1.807, 2.05) is 37.3 Å². The van der Waals surface area contributed by atoms with Crippen LogP contribution in [0.1, 0.15) is 39.7 Å². The van der Waals surface area contributed by atoms with Gasteiger partial charge >= 0.3 is 5.97 Å². The number of hydrogen-bond donors (Lipinski definition) is 1. The molecule has 0 aromatic heterocycles. The Morgan fingerprint density at radius 1 is 1.24 bits per heavy atom. The van der Waals surface area contributed by atoms with Gasteiger partial charge in [0.25, 0.3) is 0 Å². The van der Waals surface area contributed by atoms with Gasteiger partial charge in [0.2, 0.25) is 0 Å². The molecular formula is C18H27NO2. The van der Waals surface area contributed by atoms with Crippen LogP contribution in [-0.4, -0.2) is 35.6 Å². The summed E-state index contributed by atoms with van der Waals surface area (Å²) in [6, 6.07) is 9.60. The number of hydrogen-bond acceptors (Lipinski definition) is 2. The maximum atomic E-state index is 11.9. The largest absolute Gasteiger partial charge is 0.481 e. The van der Waals surface area contributed by atoms with E-state index in [0.29, 0.717) is 17.9 Å². The molecule has 21 heavy (non-hydrogen) atoms.